The molecule has 614 valence electrons. The van der Waals surface area contributed by atoms with Gasteiger partial charge in [0.25, 0.3) is 0 Å². The number of aliphatic carboxylic acids is 1. The summed E-state index contributed by atoms with van der Waals surface area (Å²) in [4.78, 5) is 37.7. The van der Waals surface area contributed by atoms with E-state index < -0.39 is 24.3 Å². The molecule has 0 aliphatic heterocycles. The minimum Gasteiger partial charge on any atom is -0.545 e. The Hall–Kier alpha value is -1.71. The Bertz CT molecular complexity index is 1650. The lowest BCUT2D eigenvalue weighted by Gasteiger charge is -2.26. The van der Waals surface area contributed by atoms with Crippen molar-refractivity contribution in [3.63, 3.8) is 0 Å². The van der Waals surface area contributed by atoms with Gasteiger partial charge < -0.3 is 33.3 Å². The van der Waals surface area contributed by atoms with Gasteiger partial charge in [-0.2, -0.15) is 0 Å². The quantitative estimate of drug-likeness (QED) is 0.0256. The first kappa shape index (κ1) is 101. The van der Waals surface area contributed by atoms with Crippen LogP contribution in [-0.2, 0) is 33.3 Å². The van der Waals surface area contributed by atoms with Crippen LogP contribution in [0.4, 0.5) is 0 Å². The van der Waals surface area contributed by atoms with Gasteiger partial charge in [0, 0.05) is 12.8 Å². The number of esters is 2. The van der Waals surface area contributed by atoms with Crippen LogP contribution in [0.2, 0.25) is 0 Å². The van der Waals surface area contributed by atoms with Crippen molar-refractivity contribution in [3.8, 4) is 0 Å². The Kier molecular flexibility index (Phi) is 84.5. The number of carboxylic acid groups (broad SMARTS) is 1. The molecule has 0 aromatic rings. The highest BCUT2D eigenvalue weighted by atomic mass is 16.7. The molecule has 0 bridgehead atoms. The van der Waals surface area contributed by atoms with Crippen molar-refractivity contribution in [2.45, 2.75) is 540 Å². The lowest BCUT2D eigenvalue weighted by atomic mass is 10.0. The van der Waals surface area contributed by atoms with Crippen molar-refractivity contribution in [1.29, 1.82) is 0 Å². The zero-order chi connectivity index (χ0) is 74.6. The molecule has 0 aromatic heterocycles. The van der Waals surface area contributed by atoms with Gasteiger partial charge in [0.1, 0.15) is 13.2 Å². The maximum absolute atomic E-state index is 13.0. The van der Waals surface area contributed by atoms with E-state index in [1.165, 1.54) is 462 Å². The summed E-state index contributed by atoms with van der Waals surface area (Å²) in [5.74, 6) is -2.23. The Balaban J connectivity index is 3.84. The molecule has 2 unspecified atom stereocenters. The third kappa shape index (κ3) is 87.4. The van der Waals surface area contributed by atoms with Crippen molar-refractivity contribution < 1.29 is 42.9 Å². The van der Waals surface area contributed by atoms with E-state index in [-0.39, 0.29) is 32.2 Å². The summed E-state index contributed by atoms with van der Waals surface area (Å²) in [5.41, 5.74) is 0. The minimum absolute atomic E-state index is 0.154. The normalized spacial score (nSPS) is 12.4. The van der Waals surface area contributed by atoms with E-state index in [1.807, 2.05) is 21.1 Å². The monoisotopic (exact) mass is 1460 g/mol. The topological polar surface area (TPSA) is 111 Å². The lowest BCUT2D eigenvalue weighted by molar-refractivity contribution is -0.870. The number of quaternary nitrogens is 1. The minimum atomic E-state index is -1.62. The molecule has 0 aliphatic carbocycles. The van der Waals surface area contributed by atoms with Crippen molar-refractivity contribution in [1.82, 2.24) is 0 Å². The summed E-state index contributed by atoms with van der Waals surface area (Å²) >= 11 is 0. The van der Waals surface area contributed by atoms with Crippen LogP contribution >= 0.6 is 0 Å². The number of hydrogen-bond donors (Lipinski definition) is 0. The highest BCUT2D eigenvalue weighted by Crippen LogP contribution is 2.22. The number of carbonyl (C=O) groups is 3. The molecule has 0 fully saturated rings. The standard InChI is InChI=1S/C94H185NO8/c1-6-8-10-12-14-16-18-20-22-24-26-28-30-32-34-36-38-40-42-44-46-47-49-51-53-55-57-59-61-63-65-67-69-71-73-75-77-79-81-83-85-92(97)103-90(89-102-94(93(98)99)100-87-86-95(3,4)5)88-101-91(96)84-82-80-78-76-74-72-70-68-66-64-62-60-58-56-54-52-50-48-45-43-41-39-37-35-33-31-29-27-25-23-21-19-17-15-13-11-9-7-2/h90,94H,6-89H2,1-5H3. The average Bonchev–Trinajstić information content (AvgIpc) is 0.988. The smallest absolute Gasteiger partial charge is 0.306 e. The van der Waals surface area contributed by atoms with Crippen LogP contribution in [0.1, 0.15) is 528 Å². The molecule has 0 aliphatic rings. The summed E-state index contributed by atoms with van der Waals surface area (Å²) in [6.45, 7) is 4.87. The predicted octanol–water partition coefficient (Wildman–Crippen LogP) is 29.5. The highest BCUT2D eigenvalue weighted by Gasteiger charge is 2.22. The highest BCUT2D eigenvalue weighted by molar-refractivity contribution is 5.70. The SMILES string of the molecule is CCCCCCCCCCCCCCCCCCCCCCCCCCCCCCCCCCCCCCCCCCC(=O)OC(COC(=O)CCCCCCCCCCCCCCCCCCCCCCCCCCCCCCCCCCCCCCCC)COC(OCC[N+](C)(C)C)C(=O)[O-]. The second-order valence-corrected chi connectivity index (χ2v) is 34.0. The molecule has 0 rings (SSSR count). The number of ether oxygens (including phenoxy) is 4. The first-order valence-electron chi connectivity index (χ1n) is 47.2. The third-order valence-corrected chi connectivity index (χ3v) is 22.4. The molecule has 0 N–H and O–H groups in total. The molecule has 0 heterocycles. The van der Waals surface area contributed by atoms with E-state index in [0.717, 1.165) is 38.5 Å². The number of rotatable bonds is 91. The lowest BCUT2D eigenvalue weighted by Crippen LogP contribution is -2.44. The zero-order valence-corrected chi connectivity index (χ0v) is 70.8. The summed E-state index contributed by atoms with van der Waals surface area (Å²) in [6, 6.07) is 0. The molecule has 0 amide bonds. The van der Waals surface area contributed by atoms with Crippen LogP contribution in [-0.4, -0.2) is 82.3 Å². The van der Waals surface area contributed by atoms with Crippen molar-refractivity contribution >= 4 is 17.9 Å². The third-order valence-electron chi connectivity index (χ3n) is 22.4. The fourth-order valence-electron chi connectivity index (χ4n) is 15.2. The van der Waals surface area contributed by atoms with Gasteiger partial charge in [-0.1, -0.05) is 502 Å². The number of carbonyl (C=O) groups excluding carboxylic acids is 3. The number of carboxylic acids is 1. The van der Waals surface area contributed by atoms with Gasteiger partial charge in [-0.25, -0.2) is 0 Å². The molecule has 0 spiro atoms. The Morgan fingerprint density at radius 1 is 0.252 bits per heavy atom. The second-order valence-electron chi connectivity index (χ2n) is 34.0. The average molecular weight is 1460 g/mol. The first-order chi connectivity index (χ1) is 50.6. The van der Waals surface area contributed by atoms with Gasteiger partial charge in [-0.15, -0.1) is 0 Å². The van der Waals surface area contributed by atoms with Gasteiger partial charge in [0.05, 0.1) is 40.3 Å². The van der Waals surface area contributed by atoms with Crippen molar-refractivity contribution in [3.05, 3.63) is 0 Å². The van der Waals surface area contributed by atoms with E-state index in [0.29, 0.717) is 17.4 Å². The van der Waals surface area contributed by atoms with E-state index in [9.17, 15) is 19.5 Å². The van der Waals surface area contributed by atoms with E-state index in [1.54, 1.807) is 0 Å². The molecule has 0 aromatic carbocycles. The maximum atomic E-state index is 13.0. The van der Waals surface area contributed by atoms with Gasteiger partial charge in [-0.05, 0) is 12.8 Å². The predicted molar refractivity (Wildman–Crippen MR) is 445 cm³/mol. The molecular formula is C94H185NO8. The van der Waals surface area contributed by atoms with Crippen LogP contribution in [0.15, 0.2) is 0 Å². The summed E-state index contributed by atoms with van der Waals surface area (Å²) in [6.07, 6.45) is 106. The fraction of sp³-hybridized carbons (Fsp3) is 0.968. The van der Waals surface area contributed by atoms with Crippen LogP contribution in [0.3, 0.4) is 0 Å². The zero-order valence-electron chi connectivity index (χ0n) is 70.8. The molecule has 2 atom stereocenters. The van der Waals surface area contributed by atoms with Gasteiger partial charge in [0.15, 0.2) is 12.4 Å². The maximum Gasteiger partial charge on any atom is 0.306 e. The number of nitrogens with zero attached hydrogens (tertiary/aromatic N) is 1. The van der Waals surface area contributed by atoms with Gasteiger partial charge in [-0.3, -0.25) is 9.59 Å². The first-order valence-corrected chi connectivity index (χ1v) is 47.2. The van der Waals surface area contributed by atoms with Crippen LogP contribution in [0.25, 0.3) is 0 Å². The van der Waals surface area contributed by atoms with Gasteiger partial charge >= 0.3 is 11.9 Å². The molecule has 9 nitrogen and oxygen atoms in total. The molecule has 103 heavy (non-hydrogen) atoms. The van der Waals surface area contributed by atoms with Gasteiger partial charge in [0.2, 0.25) is 0 Å². The molecule has 0 saturated heterocycles. The molecule has 9 heteroatoms. The Morgan fingerprint density at radius 2 is 0.437 bits per heavy atom. The molecule has 0 radical (unpaired) electrons. The van der Waals surface area contributed by atoms with E-state index in [2.05, 4.69) is 13.8 Å². The molecule has 0 saturated carbocycles. The van der Waals surface area contributed by atoms with Crippen LogP contribution < -0.4 is 5.11 Å². The number of unbranched alkanes of at least 4 members (excludes halogenated alkanes) is 76. The summed E-state index contributed by atoms with van der Waals surface area (Å²) < 4.78 is 23.0. The fourth-order valence-corrected chi connectivity index (χ4v) is 15.2. The largest absolute Gasteiger partial charge is 0.545 e. The van der Waals surface area contributed by atoms with Crippen molar-refractivity contribution in [2.24, 2.45) is 0 Å². The van der Waals surface area contributed by atoms with Crippen molar-refractivity contribution in [2.75, 3.05) is 47.5 Å². The van der Waals surface area contributed by atoms with Crippen LogP contribution in [0.5, 0.6) is 0 Å². The van der Waals surface area contributed by atoms with E-state index >= 15 is 0 Å². The van der Waals surface area contributed by atoms with Crippen LogP contribution in [0, 0.1) is 0 Å². The number of likely N-dealkylation sites (N-methyl/N-ethyl adjacent to an activating group) is 1. The Morgan fingerprint density at radius 3 is 0.621 bits per heavy atom. The summed E-state index contributed by atoms with van der Waals surface area (Å²) in [5, 5.41) is 11.9. The van der Waals surface area contributed by atoms with E-state index in [4.69, 9.17) is 18.9 Å². The Labute approximate surface area is 644 Å². The number of hydrogen-bond acceptors (Lipinski definition) is 8. The molecular weight excluding hydrogens is 1270 g/mol. The second kappa shape index (κ2) is 85.9. The summed E-state index contributed by atoms with van der Waals surface area (Å²) in [7, 11) is 5.97.